The Labute approximate surface area is 123 Å². The van der Waals surface area contributed by atoms with Gasteiger partial charge in [-0.05, 0) is 31.5 Å². The van der Waals surface area contributed by atoms with Crippen LogP contribution < -0.4 is 10.1 Å². The Morgan fingerprint density at radius 3 is 2.85 bits per heavy atom. The number of benzene rings is 1. The minimum absolute atomic E-state index is 0.447. The Morgan fingerprint density at radius 2 is 2.15 bits per heavy atom. The lowest BCUT2D eigenvalue weighted by Gasteiger charge is -2.11. The molecule has 0 radical (unpaired) electrons. The van der Waals surface area contributed by atoms with Crippen molar-refractivity contribution in [1.82, 2.24) is 15.3 Å². The molecule has 20 heavy (non-hydrogen) atoms. The molecule has 5 heteroatoms. The molecule has 0 amide bonds. The summed E-state index contributed by atoms with van der Waals surface area (Å²) in [6.07, 6.45) is 5.80. The highest BCUT2D eigenvalue weighted by Gasteiger charge is 2.14. The zero-order valence-electron chi connectivity index (χ0n) is 11.1. The second-order valence-electron chi connectivity index (χ2n) is 4.86. The van der Waals surface area contributed by atoms with E-state index in [1.807, 2.05) is 24.3 Å². The predicted molar refractivity (Wildman–Crippen MR) is 79.0 cm³/mol. The maximum Gasteiger partial charge on any atom is 0.159 e. The molecule has 1 aliphatic heterocycles. The fraction of sp³-hybridized carbons (Fsp3) is 0.333. The number of aromatic nitrogens is 2. The maximum atomic E-state index is 5.96. The van der Waals surface area contributed by atoms with Gasteiger partial charge in [-0.15, -0.1) is 0 Å². The lowest BCUT2D eigenvalue weighted by atomic mass is 10.2. The number of hydrogen-bond acceptors (Lipinski definition) is 4. The molecule has 4 nitrogen and oxygen atoms in total. The van der Waals surface area contributed by atoms with Crippen LogP contribution in [-0.4, -0.2) is 29.2 Å². The highest BCUT2D eigenvalue weighted by molar-refractivity contribution is 6.30. The molecular weight excluding hydrogens is 274 g/mol. The molecule has 2 heterocycles. The molecule has 1 aliphatic rings. The van der Waals surface area contributed by atoms with Crippen LogP contribution in [0, 0.1) is 0 Å². The number of ether oxygens (including phenoxy) is 1. The van der Waals surface area contributed by atoms with Crippen molar-refractivity contribution in [3.63, 3.8) is 0 Å². The van der Waals surface area contributed by atoms with Crippen molar-refractivity contribution in [1.29, 1.82) is 0 Å². The zero-order valence-corrected chi connectivity index (χ0v) is 11.8. The van der Waals surface area contributed by atoms with Crippen LogP contribution in [0.4, 0.5) is 0 Å². The summed E-state index contributed by atoms with van der Waals surface area (Å²) < 4.78 is 5.69. The van der Waals surface area contributed by atoms with Crippen LogP contribution in [0.3, 0.4) is 0 Å². The third-order valence-electron chi connectivity index (χ3n) is 3.32. The smallest absolute Gasteiger partial charge is 0.159 e. The minimum Gasteiger partial charge on any atom is -0.489 e. The molecule has 1 atom stereocenters. The van der Waals surface area contributed by atoms with E-state index in [1.165, 1.54) is 12.8 Å². The second-order valence-corrected chi connectivity index (χ2v) is 5.29. The number of nitrogens with zero attached hydrogens (tertiary/aromatic N) is 2. The van der Waals surface area contributed by atoms with Gasteiger partial charge >= 0.3 is 0 Å². The number of rotatable bonds is 4. The molecule has 0 spiro atoms. The summed E-state index contributed by atoms with van der Waals surface area (Å²) in [6.45, 7) is 1.75. The first-order valence-corrected chi connectivity index (χ1v) is 7.13. The fourth-order valence-corrected chi connectivity index (χ4v) is 2.45. The normalized spacial score (nSPS) is 18.1. The first-order valence-electron chi connectivity index (χ1n) is 6.75. The van der Waals surface area contributed by atoms with Gasteiger partial charge in [-0.2, -0.15) is 0 Å². The van der Waals surface area contributed by atoms with Crippen molar-refractivity contribution < 1.29 is 4.74 Å². The third-order valence-corrected chi connectivity index (χ3v) is 3.56. The van der Waals surface area contributed by atoms with Crippen LogP contribution in [0.25, 0.3) is 11.4 Å². The Bertz CT molecular complexity index is 568. The quantitative estimate of drug-likeness (QED) is 0.940. The SMILES string of the molecule is Clc1cccc(-c2ncc(OCC3CCCN3)cn2)c1. The average Bonchev–Trinajstić information content (AvgIpc) is 2.99. The molecular formula is C15H16ClN3O. The highest BCUT2D eigenvalue weighted by Crippen LogP contribution is 2.20. The second kappa shape index (κ2) is 6.20. The summed E-state index contributed by atoms with van der Waals surface area (Å²) in [5.41, 5.74) is 0.904. The van der Waals surface area contributed by atoms with Gasteiger partial charge in [0.05, 0.1) is 12.4 Å². The largest absolute Gasteiger partial charge is 0.489 e. The van der Waals surface area contributed by atoms with Crippen molar-refractivity contribution in [3.8, 4) is 17.1 Å². The van der Waals surface area contributed by atoms with Crippen LogP contribution in [0.2, 0.25) is 5.02 Å². The molecule has 1 aromatic heterocycles. The topological polar surface area (TPSA) is 47.0 Å². The predicted octanol–water partition coefficient (Wildman–Crippen LogP) is 2.93. The van der Waals surface area contributed by atoms with Crippen molar-refractivity contribution >= 4 is 11.6 Å². The van der Waals surface area contributed by atoms with Gasteiger partial charge in [0.1, 0.15) is 6.61 Å². The molecule has 1 aromatic carbocycles. The zero-order chi connectivity index (χ0) is 13.8. The standard InChI is InChI=1S/C15H16ClN3O/c16-12-4-1-3-11(7-12)15-18-8-14(9-19-15)20-10-13-5-2-6-17-13/h1,3-4,7-9,13,17H,2,5-6,10H2. The van der Waals surface area contributed by atoms with Crippen molar-refractivity contribution in [3.05, 3.63) is 41.7 Å². The minimum atomic E-state index is 0.447. The van der Waals surface area contributed by atoms with E-state index >= 15 is 0 Å². The van der Waals surface area contributed by atoms with E-state index in [4.69, 9.17) is 16.3 Å². The Kier molecular flexibility index (Phi) is 4.14. The first kappa shape index (κ1) is 13.3. The van der Waals surface area contributed by atoms with E-state index in [-0.39, 0.29) is 0 Å². The molecule has 104 valence electrons. The molecule has 1 unspecified atom stereocenters. The van der Waals surface area contributed by atoms with Gasteiger partial charge in [-0.3, -0.25) is 0 Å². The maximum absolute atomic E-state index is 5.96. The lowest BCUT2D eigenvalue weighted by Crippen LogP contribution is -2.28. The Hall–Kier alpha value is -1.65. The van der Waals surface area contributed by atoms with E-state index in [0.717, 1.165) is 12.1 Å². The summed E-state index contributed by atoms with van der Waals surface area (Å²) in [7, 11) is 0. The lowest BCUT2D eigenvalue weighted by molar-refractivity contribution is 0.275. The summed E-state index contributed by atoms with van der Waals surface area (Å²) in [6, 6.07) is 7.95. The summed E-state index contributed by atoms with van der Waals surface area (Å²) in [4.78, 5) is 8.64. The van der Waals surface area contributed by atoms with Gasteiger partial charge in [0, 0.05) is 16.6 Å². The number of halogens is 1. The average molecular weight is 290 g/mol. The molecule has 1 N–H and O–H groups in total. The Balaban J connectivity index is 1.65. The molecule has 1 fully saturated rings. The molecule has 0 saturated carbocycles. The van der Waals surface area contributed by atoms with Crippen LogP contribution in [0.1, 0.15) is 12.8 Å². The van der Waals surface area contributed by atoms with Gasteiger partial charge in [0.15, 0.2) is 11.6 Å². The fourth-order valence-electron chi connectivity index (χ4n) is 2.26. The van der Waals surface area contributed by atoms with Crippen LogP contribution in [0.15, 0.2) is 36.7 Å². The van der Waals surface area contributed by atoms with Crippen molar-refractivity contribution in [2.75, 3.05) is 13.2 Å². The first-order chi connectivity index (χ1) is 9.81. The van der Waals surface area contributed by atoms with Crippen LogP contribution in [-0.2, 0) is 0 Å². The summed E-state index contributed by atoms with van der Waals surface area (Å²) >= 11 is 5.96. The van der Waals surface area contributed by atoms with Crippen LogP contribution in [0.5, 0.6) is 5.75 Å². The van der Waals surface area contributed by atoms with Crippen molar-refractivity contribution in [2.24, 2.45) is 0 Å². The van der Waals surface area contributed by atoms with E-state index in [0.29, 0.717) is 29.2 Å². The summed E-state index contributed by atoms with van der Waals surface area (Å²) in [5, 5.41) is 4.07. The van der Waals surface area contributed by atoms with E-state index in [9.17, 15) is 0 Å². The van der Waals surface area contributed by atoms with Gasteiger partial charge < -0.3 is 10.1 Å². The van der Waals surface area contributed by atoms with Gasteiger partial charge in [0.25, 0.3) is 0 Å². The van der Waals surface area contributed by atoms with Gasteiger partial charge in [-0.1, -0.05) is 23.7 Å². The highest BCUT2D eigenvalue weighted by atomic mass is 35.5. The molecule has 2 aromatic rings. The number of hydrogen-bond donors (Lipinski definition) is 1. The van der Waals surface area contributed by atoms with Gasteiger partial charge in [-0.25, -0.2) is 9.97 Å². The molecule has 1 saturated heterocycles. The monoisotopic (exact) mass is 289 g/mol. The molecule has 0 bridgehead atoms. The van der Waals surface area contributed by atoms with E-state index < -0.39 is 0 Å². The third kappa shape index (κ3) is 3.26. The van der Waals surface area contributed by atoms with E-state index in [2.05, 4.69) is 15.3 Å². The van der Waals surface area contributed by atoms with Gasteiger partial charge in [0.2, 0.25) is 0 Å². The Morgan fingerprint density at radius 1 is 1.30 bits per heavy atom. The van der Waals surface area contributed by atoms with E-state index in [1.54, 1.807) is 12.4 Å². The molecule has 3 rings (SSSR count). The summed E-state index contributed by atoms with van der Waals surface area (Å²) in [5.74, 6) is 1.35. The number of nitrogens with one attached hydrogen (secondary N) is 1. The van der Waals surface area contributed by atoms with Crippen LogP contribution >= 0.6 is 11.6 Å². The van der Waals surface area contributed by atoms with Crippen molar-refractivity contribution in [2.45, 2.75) is 18.9 Å². The molecule has 0 aliphatic carbocycles.